The first-order valence-corrected chi connectivity index (χ1v) is 7.49. The summed E-state index contributed by atoms with van der Waals surface area (Å²) >= 11 is 1.92. The fourth-order valence-electron chi connectivity index (χ4n) is 2.06. The van der Waals surface area contributed by atoms with Gasteiger partial charge in [0.2, 0.25) is 5.91 Å². The normalized spacial score (nSPS) is 17.5. The highest BCUT2D eigenvalue weighted by atomic mass is 32.2. The Balaban J connectivity index is 2.02. The van der Waals surface area contributed by atoms with Crippen molar-refractivity contribution in [1.29, 1.82) is 5.26 Å². The van der Waals surface area contributed by atoms with Crippen LogP contribution in [-0.2, 0) is 4.79 Å². The van der Waals surface area contributed by atoms with Crippen LogP contribution < -0.4 is 5.32 Å². The van der Waals surface area contributed by atoms with Crippen molar-refractivity contribution in [2.45, 2.75) is 13.0 Å². The van der Waals surface area contributed by atoms with Gasteiger partial charge in [-0.1, -0.05) is 12.1 Å². The zero-order valence-corrected chi connectivity index (χ0v) is 11.7. The molecule has 19 heavy (non-hydrogen) atoms. The minimum atomic E-state index is -0.160. The van der Waals surface area contributed by atoms with E-state index in [4.69, 9.17) is 5.26 Å². The smallest absolute Gasteiger partial charge is 0.241 e. The third-order valence-electron chi connectivity index (χ3n) is 3.28. The monoisotopic (exact) mass is 275 g/mol. The van der Waals surface area contributed by atoms with Crippen molar-refractivity contribution in [3.63, 3.8) is 0 Å². The molecule has 100 valence electrons. The van der Waals surface area contributed by atoms with Gasteiger partial charge in [-0.05, 0) is 19.1 Å². The first-order valence-electron chi connectivity index (χ1n) is 6.34. The van der Waals surface area contributed by atoms with E-state index in [1.807, 2.05) is 24.8 Å². The lowest BCUT2D eigenvalue weighted by molar-refractivity contribution is -0.120. The molecule has 0 aromatic heterocycles. The fraction of sp³-hybridized carbons (Fsp3) is 0.429. The molecule has 5 heteroatoms. The number of thioether (sulfide) groups is 1. The molecule has 1 aromatic rings. The van der Waals surface area contributed by atoms with E-state index in [1.54, 1.807) is 18.2 Å². The second-order valence-corrected chi connectivity index (χ2v) is 5.70. The molecule has 1 fully saturated rings. The molecule has 1 aromatic carbocycles. The average Bonchev–Trinajstić information content (AvgIpc) is 2.48. The molecule has 1 unspecified atom stereocenters. The van der Waals surface area contributed by atoms with Crippen LogP contribution >= 0.6 is 11.8 Å². The Labute approximate surface area is 117 Å². The minimum Gasteiger partial charge on any atom is -0.324 e. The molecule has 1 aliphatic heterocycles. The van der Waals surface area contributed by atoms with Crippen LogP contribution in [0.5, 0.6) is 0 Å². The Morgan fingerprint density at radius 2 is 2.11 bits per heavy atom. The van der Waals surface area contributed by atoms with Crippen LogP contribution in [0, 0.1) is 11.3 Å². The molecular formula is C14H17N3OS. The van der Waals surface area contributed by atoms with Crippen molar-refractivity contribution in [3.05, 3.63) is 29.8 Å². The van der Waals surface area contributed by atoms with Crippen molar-refractivity contribution in [3.8, 4) is 6.07 Å². The van der Waals surface area contributed by atoms with Crippen LogP contribution in [0.15, 0.2) is 24.3 Å². The number of nitriles is 1. The third kappa shape index (κ3) is 3.49. The Hall–Kier alpha value is -1.51. The predicted molar refractivity (Wildman–Crippen MR) is 78.1 cm³/mol. The predicted octanol–water partition coefficient (Wildman–Crippen LogP) is 1.93. The van der Waals surface area contributed by atoms with Crippen molar-refractivity contribution in [1.82, 2.24) is 4.90 Å². The summed E-state index contributed by atoms with van der Waals surface area (Å²) in [4.78, 5) is 14.4. The molecule has 0 saturated carbocycles. The van der Waals surface area contributed by atoms with E-state index < -0.39 is 0 Å². The van der Waals surface area contributed by atoms with Gasteiger partial charge in [0.25, 0.3) is 0 Å². The largest absolute Gasteiger partial charge is 0.324 e. The van der Waals surface area contributed by atoms with Crippen molar-refractivity contribution in [2.75, 3.05) is 29.9 Å². The highest BCUT2D eigenvalue weighted by Gasteiger charge is 2.23. The number of hydrogen-bond donors (Lipinski definition) is 1. The van der Waals surface area contributed by atoms with Crippen molar-refractivity contribution < 1.29 is 4.79 Å². The van der Waals surface area contributed by atoms with E-state index in [0.29, 0.717) is 11.3 Å². The summed E-state index contributed by atoms with van der Waals surface area (Å²) in [7, 11) is 0. The maximum atomic E-state index is 12.2. The van der Waals surface area contributed by atoms with Gasteiger partial charge in [-0.3, -0.25) is 9.69 Å². The Morgan fingerprint density at radius 3 is 2.79 bits per heavy atom. The molecule has 1 N–H and O–H groups in total. The maximum Gasteiger partial charge on any atom is 0.241 e. The maximum absolute atomic E-state index is 12.2. The molecule has 4 nitrogen and oxygen atoms in total. The van der Waals surface area contributed by atoms with Crippen LogP contribution in [0.25, 0.3) is 0 Å². The molecule has 2 rings (SSSR count). The number of nitrogens with one attached hydrogen (secondary N) is 1. The molecule has 1 heterocycles. The van der Waals surface area contributed by atoms with Crippen LogP contribution in [0.2, 0.25) is 0 Å². The van der Waals surface area contributed by atoms with Gasteiger partial charge < -0.3 is 5.32 Å². The standard InChI is InChI=1S/C14H17N3OS/c1-11(17-6-8-19-9-7-17)14(18)16-13-5-3-2-4-12(13)10-15/h2-5,11H,6-9H2,1H3,(H,16,18). The van der Waals surface area contributed by atoms with E-state index in [1.165, 1.54) is 0 Å². The van der Waals surface area contributed by atoms with Crippen molar-refractivity contribution in [2.24, 2.45) is 0 Å². The number of benzene rings is 1. The second-order valence-electron chi connectivity index (χ2n) is 4.47. The summed E-state index contributed by atoms with van der Waals surface area (Å²) in [5, 5.41) is 11.9. The molecule has 0 aliphatic carbocycles. The van der Waals surface area contributed by atoms with Gasteiger partial charge in [-0.2, -0.15) is 17.0 Å². The van der Waals surface area contributed by atoms with Gasteiger partial charge in [0.05, 0.1) is 17.3 Å². The lowest BCUT2D eigenvalue weighted by Crippen LogP contribution is -2.46. The first-order chi connectivity index (χ1) is 9.22. The minimum absolute atomic E-state index is 0.0467. The van der Waals surface area contributed by atoms with Crippen LogP contribution in [0.3, 0.4) is 0 Å². The van der Waals surface area contributed by atoms with E-state index >= 15 is 0 Å². The molecular weight excluding hydrogens is 258 g/mol. The van der Waals surface area contributed by atoms with Crippen molar-refractivity contribution >= 4 is 23.4 Å². The zero-order chi connectivity index (χ0) is 13.7. The quantitative estimate of drug-likeness (QED) is 0.916. The van der Waals surface area contributed by atoms with Gasteiger partial charge >= 0.3 is 0 Å². The summed E-state index contributed by atoms with van der Waals surface area (Å²) in [6, 6.07) is 9.00. The second kappa shape index (κ2) is 6.60. The average molecular weight is 275 g/mol. The van der Waals surface area contributed by atoms with E-state index in [9.17, 15) is 4.79 Å². The molecule has 1 amide bonds. The number of rotatable bonds is 3. The summed E-state index contributed by atoms with van der Waals surface area (Å²) in [5.74, 6) is 2.10. The zero-order valence-electron chi connectivity index (χ0n) is 10.9. The number of para-hydroxylation sites is 1. The summed E-state index contributed by atoms with van der Waals surface area (Å²) in [5.41, 5.74) is 1.09. The Kier molecular flexibility index (Phi) is 4.83. The van der Waals surface area contributed by atoms with Crippen LogP contribution in [0.1, 0.15) is 12.5 Å². The highest BCUT2D eigenvalue weighted by molar-refractivity contribution is 7.99. The summed E-state index contributed by atoms with van der Waals surface area (Å²) < 4.78 is 0. The molecule has 0 bridgehead atoms. The first kappa shape index (κ1) is 13.9. The number of carbonyl (C=O) groups excluding carboxylic acids is 1. The molecule has 1 aliphatic rings. The lowest BCUT2D eigenvalue weighted by atomic mass is 10.2. The van der Waals surface area contributed by atoms with Crippen LogP contribution in [-0.4, -0.2) is 41.4 Å². The molecule has 0 radical (unpaired) electrons. The number of hydrogen-bond acceptors (Lipinski definition) is 4. The molecule has 0 spiro atoms. The highest BCUT2D eigenvalue weighted by Crippen LogP contribution is 2.16. The number of amides is 1. The van der Waals surface area contributed by atoms with E-state index in [2.05, 4.69) is 16.3 Å². The fourth-order valence-corrected chi connectivity index (χ4v) is 2.99. The Bertz CT molecular complexity index is 492. The topological polar surface area (TPSA) is 56.1 Å². The summed E-state index contributed by atoms with van der Waals surface area (Å²) in [6.07, 6.45) is 0. The number of carbonyl (C=O) groups is 1. The molecule has 1 atom stereocenters. The van der Waals surface area contributed by atoms with E-state index in [-0.39, 0.29) is 11.9 Å². The van der Waals surface area contributed by atoms with E-state index in [0.717, 1.165) is 24.6 Å². The number of anilines is 1. The summed E-state index contributed by atoms with van der Waals surface area (Å²) in [6.45, 7) is 3.80. The molecule has 1 saturated heterocycles. The van der Waals surface area contributed by atoms with Gasteiger partial charge in [0.1, 0.15) is 6.07 Å². The third-order valence-corrected chi connectivity index (χ3v) is 4.22. The number of nitrogens with zero attached hydrogens (tertiary/aromatic N) is 2. The van der Waals surface area contributed by atoms with Gasteiger partial charge in [0.15, 0.2) is 0 Å². The van der Waals surface area contributed by atoms with Gasteiger partial charge in [-0.15, -0.1) is 0 Å². The van der Waals surface area contributed by atoms with Gasteiger partial charge in [-0.25, -0.2) is 0 Å². The van der Waals surface area contributed by atoms with Crippen LogP contribution in [0.4, 0.5) is 5.69 Å². The lowest BCUT2D eigenvalue weighted by Gasteiger charge is -2.31. The Morgan fingerprint density at radius 1 is 1.42 bits per heavy atom. The SMILES string of the molecule is CC(C(=O)Nc1ccccc1C#N)N1CCSCC1. The van der Waals surface area contributed by atoms with Gasteiger partial charge in [0, 0.05) is 24.6 Å².